The van der Waals surface area contributed by atoms with Crippen LogP contribution in [-0.2, 0) is 7.05 Å². The van der Waals surface area contributed by atoms with Gasteiger partial charge in [-0.3, -0.25) is 9.48 Å². The maximum atomic E-state index is 11.9. The summed E-state index contributed by atoms with van der Waals surface area (Å²) in [5.41, 5.74) is 2.49. The Morgan fingerprint density at radius 3 is 2.37 bits per heavy atom. The summed E-state index contributed by atoms with van der Waals surface area (Å²) >= 11 is 1.09. The summed E-state index contributed by atoms with van der Waals surface area (Å²) in [7, 11) is 6.49. The maximum absolute atomic E-state index is 11.9. The molecule has 1 fully saturated rings. The van der Waals surface area contributed by atoms with Gasteiger partial charge in [-0.2, -0.15) is 5.10 Å². The van der Waals surface area contributed by atoms with Crippen LogP contribution < -0.4 is 19.5 Å². The minimum Gasteiger partial charge on any atom is -0.493 e. The van der Waals surface area contributed by atoms with Crippen molar-refractivity contribution in [3.05, 3.63) is 34.5 Å². The molecule has 9 heteroatoms. The second-order valence-electron chi connectivity index (χ2n) is 5.68. The fourth-order valence-electron chi connectivity index (χ4n) is 2.57. The van der Waals surface area contributed by atoms with Gasteiger partial charge in [-0.25, -0.2) is 4.99 Å². The van der Waals surface area contributed by atoms with Crippen LogP contribution in [0.1, 0.15) is 11.3 Å². The molecular weight excluding hydrogens is 368 g/mol. The molecule has 1 saturated heterocycles. The number of carbonyl (C=O) groups is 1. The molecule has 0 atom stereocenters. The fraction of sp³-hybridized carbons (Fsp3) is 0.278. The monoisotopic (exact) mass is 388 g/mol. The lowest BCUT2D eigenvalue weighted by Gasteiger charge is -2.12. The number of methoxy groups -OCH3 is 3. The van der Waals surface area contributed by atoms with Crippen LogP contribution in [0.25, 0.3) is 6.08 Å². The molecule has 27 heavy (non-hydrogen) atoms. The third-order valence-corrected chi connectivity index (χ3v) is 4.93. The third kappa shape index (κ3) is 3.77. The van der Waals surface area contributed by atoms with Crippen LogP contribution in [0, 0.1) is 6.92 Å². The molecular formula is C18H20N4O4S. The number of amidine groups is 1. The average molecular weight is 388 g/mol. The van der Waals surface area contributed by atoms with Crippen LogP contribution in [0.3, 0.4) is 0 Å². The van der Waals surface area contributed by atoms with E-state index in [4.69, 9.17) is 14.2 Å². The Morgan fingerprint density at radius 1 is 1.19 bits per heavy atom. The highest BCUT2D eigenvalue weighted by Gasteiger charge is 2.24. The molecule has 142 valence electrons. The number of rotatable bonds is 5. The number of benzene rings is 1. The van der Waals surface area contributed by atoms with Gasteiger partial charge in [0, 0.05) is 30.4 Å². The molecule has 2 heterocycles. The van der Waals surface area contributed by atoms with Crippen LogP contribution >= 0.6 is 11.8 Å². The Hall–Kier alpha value is -2.94. The van der Waals surface area contributed by atoms with Crippen molar-refractivity contribution in [2.75, 3.05) is 21.3 Å². The number of aliphatic imine (C=N–C) groups is 1. The molecule has 0 radical (unpaired) electrons. The number of nitrogens with one attached hydrogen (secondary N) is 1. The minimum absolute atomic E-state index is 0.186. The van der Waals surface area contributed by atoms with Crippen molar-refractivity contribution in [1.82, 2.24) is 15.1 Å². The Balaban J connectivity index is 2.04. The number of nitrogens with zero attached hydrogens (tertiary/aromatic N) is 3. The van der Waals surface area contributed by atoms with Gasteiger partial charge in [-0.15, -0.1) is 0 Å². The van der Waals surface area contributed by atoms with Crippen molar-refractivity contribution in [2.45, 2.75) is 6.92 Å². The third-order valence-electron chi connectivity index (χ3n) is 4.11. The standard InChI is InChI=1S/C18H20N4O4S/c1-10-11(9-19-22(10)2)6-15-17(21-18(23)27-15)20-12-7-13(24-3)16(26-5)14(8-12)25-4/h6-9H,1-5H3,(H,20,21,23). The molecule has 1 aromatic heterocycles. The number of ether oxygens (including phenoxy) is 3. The summed E-state index contributed by atoms with van der Waals surface area (Å²) < 4.78 is 17.8. The van der Waals surface area contributed by atoms with Crippen molar-refractivity contribution < 1.29 is 19.0 Å². The highest BCUT2D eigenvalue weighted by Crippen LogP contribution is 2.41. The summed E-state index contributed by atoms with van der Waals surface area (Å²) in [4.78, 5) is 17.2. The Kier molecular flexibility index (Phi) is 5.41. The van der Waals surface area contributed by atoms with Gasteiger partial charge in [0.2, 0.25) is 5.75 Å². The van der Waals surface area contributed by atoms with Crippen molar-refractivity contribution in [2.24, 2.45) is 12.0 Å². The second kappa shape index (κ2) is 7.75. The predicted molar refractivity (Wildman–Crippen MR) is 105 cm³/mol. The van der Waals surface area contributed by atoms with Crippen LogP contribution in [0.5, 0.6) is 17.2 Å². The summed E-state index contributed by atoms with van der Waals surface area (Å²) in [6.45, 7) is 1.96. The van der Waals surface area contributed by atoms with Gasteiger partial charge < -0.3 is 19.5 Å². The normalized spacial score (nSPS) is 16.7. The van der Waals surface area contributed by atoms with E-state index >= 15 is 0 Å². The Bertz CT molecular complexity index is 924. The van der Waals surface area contributed by atoms with E-state index in [0.29, 0.717) is 33.7 Å². The summed E-state index contributed by atoms with van der Waals surface area (Å²) in [6.07, 6.45) is 3.64. The molecule has 1 aliphatic heterocycles. The van der Waals surface area contributed by atoms with E-state index in [1.807, 2.05) is 20.0 Å². The zero-order valence-electron chi connectivity index (χ0n) is 15.7. The molecule has 1 aliphatic rings. The summed E-state index contributed by atoms with van der Waals surface area (Å²) in [5.74, 6) is 1.92. The van der Waals surface area contributed by atoms with E-state index in [1.54, 1.807) is 23.0 Å². The number of hydrogen-bond acceptors (Lipinski definition) is 7. The molecule has 0 spiro atoms. The van der Waals surface area contributed by atoms with Crippen molar-refractivity contribution in [1.29, 1.82) is 0 Å². The lowest BCUT2D eigenvalue weighted by Crippen LogP contribution is -2.18. The molecule has 1 aromatic carbocycles. The van der Waals surface area contributed by atoms with Crippen molar-refractivity contribution >= 4 is 34.6 Å². The Labute approximate surface area is 161 Å². The average Bonchev–Trinajstić information content (AvgIpc) is 3.17. The van der Waals surface area contributed by atoms with Gasteiger partial charge in [0.15, 0.2) is 11.5 Å². The maximum Gasteiger partial charge on any atom is 0.289 e. The zero-order chi connectivity index (χ0) is 19.6. The smallest absolute Gasteiger partial charge is 0.289 e. The van der Waals surface area contributed by atoms with Crippen LogP contribution in [0.4, 0.5) is 10.5 Å². The topological polar surface area (TPSA) is 87.0 Å². The first-order valence-electron chi connectivity index (χ1n) is 8.05. The quantitative estimate of drug-likeness (QED) is 0.846. The number of thioether (sulfide) groups is 1. The summed E-state index contributed by atoms with van der Waals surface area (Å²) in [5, 5.41) is 6.80. The zero-order valence-corrected chi connectivity index (χ0v) is 16.5. The van der Waals surface area contributed by atoms with Gasteiger partial charge in [0.1, 0.15) is 5.84 Å². The first-order chi connectivity index (χ1) is 13.0. The van der Waals surface area contributed by atoms with E-state index in [2.05, 4.69) is 15.4 Å². The fourth-order valence-corrected chi connectivity index (χ4v) is 3.30. The van der Waals surface area contributed by atoms with Gasteiger partial charge in [-0.05, 0) is 24.8 Å². The molecule has 2 aromatic rings. The SMILES string of the molecule is COc1cc(N=C2NC(=O)SC2=Cc2cnn(C)c2C)cc(OC)c1OC. The van der Waals surface area contributed by atoms with E-state index in [1.165, 1.54) is 21.3 Å². The van der Waals surface area contributed by atoms with Crippen LogP contribution in [-0.4, -0.2) is 42.2 Å². The molecule has 0 saturated carbocycles. The van der Waals surface area contributed by atoms with Crippen molar-refractivity contribution in [3.63, 3.8) is 0 Å². The van der Waals surface area contributed by atoms with Crippen molar-refractivity contribution in [3.8, 4) is 17.2 Å². The highest BCUT2D eigenvalue weighted by molar-refractivity contribution is 8.18. The number of aryl methyl sites for hydroxylation is 1. The lowest BCUT2D eigenvalue weighted by atomic mass is 10.2. The predicted octanol–water partition coefficient (Wildman–Crippen LogP) is 3.28. The highest BCUT2D eigenvalue weighted by atomic mass is 32.2. The molecule has 0 bridgehead atoms. The molecule has 1 N–H and O–H groups in total. The van der Waals surface area contributed by atoms with E-state index < -0.39 is 0 Å². The minimum atomic E-state index is -0.186. The van der Waals surface area contributed by atoms with Gasteiger partial charge in [-0.1, -0.05) is 0 Å². The number of carbonyl (C=O) groups excluding carboxylic acids is 1. The van der Waals surface area contributed by atoms with Gasteiger partial charge in [0.05, 0.1) is 38.1 Å². The Morgan fingerprint density at radius 2 is 1.85 bits per heavy atom. The number of hydrogen-bond donors (Lipinski definition) is 1. The van der Waals surface area contributed by atoms with Gasteiger partial charge >= 0.3 is 0 Å². The molecule has 8 nitrogen and oxygen atoms in total. The molecule has 0 aliphatic carbocycles. The van der Waals surface area contributed by atoms with Crippen LogP contribution in [0.2, 0.25) is 0 Å². The van der Waals surface area contributed by atoms with Crippen LogP contribution in [0.15, 0.2) is 28.2 Å². The van der Waals surface area contributed by atoms with E-state index in [0.717, 1.165) is 23.0 Å². The summed E-state index contributed by atoms with van der Waals surface area (Å²) in [6, 6.07) is 3.44. The van der Waals surface area contributed by atoms with E-state index in [9.17, 15) is 4.79 Å². The van der Waals surface area contributed by atoms with E-state index in [-0.39, 0.29) is 5.24 Å². The second-order valence-corrected chi connectivity index (χ2v) is 6.69. The molecule has 0 unspecified atom stereocenters. The number of amides is 1. The first-order valence-corrected chi connectivity index (χ1v) is 8.86. The molecule has 1 amide bonds. The lowest BCUT2D eigenvalue weighted by molar-refractivity contribution is 0.265. The molecule has 3 rings (SSSR count). The van der Waals surface area contributed by atoms with Gasteiger partial charge in [0.25, 0.3) is 5.24 Å². The largest absolute Gasteiger partial charge is 0.493 e. The number of aromatic nitrogens is 2. The first kappa shape index (κ1) is 18.8.